The molecule has 1 rings (SSSR count). The van der Waals surface area contributed by atoms with Gasteiger partial charge in [0.15, 0.2) is 0 Å². The first-order valence-electron chi connectivity index (χ1n) is 5.46. The Labute approximate surface area is 90.0 Å². The van der Waals surface area contributed by atoms with Crippen LogP contribution in [0.4, 0.5) is 4.79 Å². The molecule has 1 aliphatic heterocycles. The van der Waals surface area contributed by atoms with Crippen molar-refractivity contribution in [2.45, 2.75) is 38.6 Å². The molecule has 1 atom stereocenters. The van der Waals surface area contributed by atoms with Gasteiger partial charge < -0.3 is 16.0 Å². The Morgan fingerprint density at radius 2 is 1.73 bits per heavy atom. The van der Waals surface area contributed by atoms with Crippen molar-refractivity contribution in [3.8, 4) is 0 Å². The molecule has 0 aromatic rings. The number of amides is 3. The van der Waals surface area contributed by atoms with Crippen LogP contribution in [-0.4, -0.2) is 36.0 Å². The van der Waals surface area contributed by atoms with Gasteiger partial charge in [0.05, 0.1) is 0 Å². The third-order valence-electron chi connectivity index (χ3n) is 2.66. The molecule has 0 aromatic carbocycles. The van der Waals surface area contributed by atoms with Crippen molar-refractivity contribution in [2.24, 2.45) is 5.73 Å². The Morgan fingerprint density at radius 3 is 2.20 bits per heavy atom. The van der Waals surface area contributed by atoms with E-state index in [-0.39, 0.29) is 6.03 Å². The molecule has 0 radical (unpaired) electrons. The van der Waals surface area contributed by atoms with Crippen molar-refractivity contribution in [1.82, 2.24) is 10.2 Å². The summed E-state index contributed by atoms with van der Waals surface area (Å²) in [7, 11) is 0. The normalized spacial score (nSPS) is 19.1. The van der Waals surface area contributed by atoms with Crippen molar-refractivity contribution in [2.75, 3.05) is 13.1 Å². The number of nitrogens with one attached hydrogen (secondary N) is 1. The van der Waals surface area contributed by atoms with Gasteiger partial charge in [0, 0.05) is 13.1 Å². The highest BCUT2D eigenvalue weighted by molar-refractivity contribution is 5.85. The van der Waals surface area contributed by atoms with E-state index in [1.807, 2.05) is 0 Å². The van der Waals surface area contributed by atoms with Gasteiger partial charge in [-0.25, -0.2) is 4.79 Å². The fourth-order valence-corrected chi connectivity index (χ4v) is 1.62. The molecule has 3 N–H and O–H groups in total. The van der Waals surface area contributed by atoms with Crippen LogP contribution in [0.15, 0.2) is 0 Å². The first-order valence-corrected chi connectivity index (χ1v) is 5.46. The Morgan fingerprint density at radius 1 is 1.20 bits per heavy atom. The van der Waals surface area contributed by atoms with Crippen LogP contribution in [0.2, 0.25) is 0 Å². The van der Waals surface area contributed by atoms with E-state index in [1.54, 1.807) is 11.8 Å². The molecular formula is C10H19N3O2. The third-order valence-corrected chi connectivity index (χ3v) is 2.66. The molecule has 0 bridgehead atoms. The Hall–Kier alpha value is -1.26. The summed E-state index contributed by atoms with van der Waals surface area (Å²) >= 11 is 0. The van der Waals surface area contributed by atoms with Crippen LogP contribution in [-0.2, 0) is 4.79 Å². The number of nitrogens with two attached hydrogens (primary N) is 1. The molecule has 15 heavy (non-hydrogen) atoms. The molecule has 86 valence electrons. The highest BCUT2D eigenvalue weighted by Gasteiger charge is 2.18. The van der Waals surface area contributed by atoms with E-state index in [9.17, 15) is 9.59 Å². The van der Waals surface area contributed by atoms with Crippen LogP contribution in [0.5, 0.6) is 0 Å². The van der Waals surface area contributed by atoms with Crippen molar-refractivity contribution < 1.29 is 9.59 Å². The molecule has 1 aliphatic rings. The summed E-state index contributed by atoms with van der Waals surface area (Å²) in [6, 6.07) is -0.774. The van der Waals surface area contributed by atoms with Crippen molar-refractivity contribution in [3.63, 3.8) is 0 Å². The Kier molecular flexibility index (Phi) is 4.39. The highest BCUT2D eigenvalue weighted by Crippen LogP contribution is 2.09. The van der Waals surface area contributed by atoms with E-state index in [2.05, 4.69) is 5.32 Å². The average molecular weight is 213 g/mol. The van der Waals surface area contributed by atoms with Gasteiger partial charge >= 0.3 is 6.03 Å². The average Bonchev–Trinajstić information content (AvgIpc) is 2.45. The number of urea groups is 1. The number of rotatable bonds is 2. The zero-order chi connectivity index (χ0) is 11.3. The number of primary amides is 1. The van der Waals surface area contributed by atoms with E-state index in [0.717, 1.165) is 25.9 Å². The minimum absolute atomic E-state index is 0.178. The molecule has 1 saturated heterocycles. The Bertz CT molecular complexity index is 235. The van der Waals surface area contributed by atoms with Gasteiger partial charge in [-0.3, -0.25) is 4.79 Å². The van der Waals surface area contributed by atoms with Crippen LogP contribution in [0.3, 0.4) is 0 Å². The lowest BCUT2D eigenvalue weighted by molar-refractivity contribution is -0.119. The van der Waals surface area contributed by atoms with Crippen LogP contribution in [0.1, 0.15) is 32.6 Å². The number of hydrogen-bond acceptors (Lipinski definition) is 2. The first-order chi connectivity index (χ1) is 7.11. The number of hydrogen-bond donors (Lipinski definition) is 2. The monoisotopic (exact) mass is 213 g/mol. The second-order valence-electron chi connectivity index (χ2n) is 3.97. The highest BCUT2D eigenvalue weighted by atomic mass is 16.2. The van der Waals surface area contributed by atoms with Crippen LogP contribution < -0.4 is 11.1 Å². The zero-order valence-corrected chi connectivity index (χ0v) is 9.16. The molecule has 0 aromatic heterocycles. The van der Waals surface area contributed by atoms with Crippen molar-refractivity contribution in [1.29, 1.82) is 0 Å². The van der Waals surface area contributed by atoms with Crippen LogP contribution >= 0.6 is 0 Å². The van der Waals surface area contributed by atoms with Gasteiger partial charge in [-0.15, -0.1) is 0 Å². The summed E-state index contributed by atoms with van der Waals surface area (Å²) < 4.78 is 0. The van der Waals surface area contributed by atoms with Crippen molar-refractivity contribution in [3.05, 3.63) is 0 Å². The summed E-state index contributed by atoms with van der Waals surface area (Å²) in [5.74, 6) is -0.502. The maximum Gasteiger partial charge on any atom is 0.318 e. The lowest BCUT2D eigenvalue weighted by Crippen LogP contribution is -2.48. The van der Waals surface area contributed by atoms with E-state index < -0.39 is 11.9 Å². The number of carbonyl (C=O) groups is 2. The maximum atomic E-state index is 11.7. The molecule has 1 unspecified atom stereocenters. The molecule has 0 aliphatic carbocycles. The van der Waals surface area contributed by atoms with Crippen LogP contribution in [0, 0.1) is 0 Å². The van der Waals surface area contributed by atoms with E-state index in [4.69, 9.17) is 5.73 Å². The van der Waals surface area contributed by atoms with E-state index >= 15 is 0 Å². The quantitative estimate of drug-likeness (QED) is 0.698. The molecule has 1 heterocycles. The van der Waals surface area contributed by atoms with Crippen LogP contribution in [0.25, 0.3) is 0 Å². The fourth-order valence-electron chi connectivity index (χ4n) is 1.62. The Balaban J connectivity index is 2.41. The maximum absolute atomic E-state index is 11.7. The molecule has 3 amide bonds. The zero-order valence-electron chi connectivity index (χ0n) is 9.16. The standard InChI is InChI=1S/C10H19N3O2/c1-8(9(11)14)12-10(15)13-6-4-2-3-5-7-13/h8H,2-7H2,1H3,(H2,11,14)(H,12,15). The lowest BCUT2D eigenvalue weighted by atomic mass is 10.2. The SMILES string of the molecule is CC(NC(=O)N1CCCCCC1)C(N)=O. The molecule has 0 saturated carbocycles. The summed E-state index contributed by atoms with van der Waals surface area (Å²) in [6.45, 7) is 3.15. The largest absolute Gasteiger partial charge is 0.368 e. The van der Waals surface area contributed by atoms with Gasteiger partial charge in [0.1, 0.15) is 6.04 Å². The summed E-state index contributed by atoms with van der Waals surface area (Å²) in [6.07, 6.45) is 4.43. The molecule has 1 fully saturated rings. The predicted octanol–water partition coefficient (Wildman–Crippen LogP) is 0.446. The summed E-state index contributed by atoms with van der Waals surface area (Å²) in [4.78, 5) is 24.2. The summed E-state index contributed by atoms with van der Waals surface area (Å²) in [5.41, 5.74) is 5.07. The predicted molar refractivity (Wildman–Crippen MR) is 57.2 cm³/mol. The van der Waals surface area contributed by atoms with E-state index in [0.29, 0.717) is 0 Å². The number of nitrogens with zero attached hydrogens (tertiary/aromatic N) is 1. The first kappa shape index (κ1) is 11.8. The second-order valence-corrected chi connectivity index (χ2v) is 3.97. The topological polar surface area (TPSA) is 75.4 Å². The lowest BCUT2D eigenvalue weighted by Gasteiger charge is -2.22. The molecular weight excluding hydrogens is 194 g/mol. The van der Waals surface area contributed by atoms with Gasteiger partial charge in [0.2, 0.25) is 5.91 Å². The molecule has 0 spiro atoms. The minimum atomic E-state index is -0.597. The summed E-state index contributed by atoms with van der Waals surface area (Å²) in [5, 5.41) is 2.59. The third kappa shape index (κ3) is 3.77. The van der Waals surface area contributed by atoms with Gasteiger partial charge in [-0.1, -0.05) is 12.8 Å². The molecule has 5 nitrogen and oxygen atoms in total. The smallest absolute Gasteiger partial charge is 0.318 e. The number of likely N-dealkylation sites (tertiary alicyclic amines) is 1. The van der Waals surface area contributed by atoms with Crippen molar-refractivity contribution >= 4 is 11.9 Å². The second kappa shape index (κ2) is 5.58. The number of carbonyl (C=O) groups excluding carboxylic acids is 2. The van der Waals surface area contributed by atoms with E-state index in [1.165, 1.54) is 12.8 Å². The molecule has 5 heteroatoms. The van der Waals surface area contributed by atoms with Gasteiger partial charge in [-0.2, -0.15) is 0 Å². The van der Waals surface area contributed by atoms with Gasteiger partial charge in [-0.05, 0) is 19.8 Å². The van der Waals surface area contributed by atoms with Gasteiger partial charge in [0.25, 0.3) is 0 Å². The fraction of sp³-hybridized carbons (Fsp3) is 0.800. The minimum Gasteiger partial charge on any atom is -0.368 e.